The van der Waals surface area contributed by atoms with E-state index in [9.17, 15) is 32.8 Å². The second-order valence-electron chi connectivity index (χ2n) is 8.77. The molecule has 0 saturated carbocycles. The molecule has 0 radical (unpaired) electrons. The van der Waals surface area contributed by atoms with Crippen molar-refractivity contribution in [2.45, 2.75) is 37.6 Å². The van der Waals surface area contributed by atoms with Crippen molar-refractivity contribution < 1.29 is 46.0 Å². The lowest BCUT2D eigenvalue weighted by atomic mass is 10.0. The van der Waals surface area contributed by atoms with E-state index in [2.05, 4.69) is 0 Å². The Bertz CT molecular complexity index is 1350. The van der Waals surface area contributed by atoms with Gasteiger partial charge in [-0.15, -0.1) is 0 Å². The van der Waals surface area contributed by atoms with Gasteiger partial charge in [0.05, 0.1) is 30.2 Å². The molecule has 0 spiro atoms. The molecule has 3 aromatic carbocycles. The van der Waals surface area contributed by atoms with Crippen LogP contribution in [0.25, 0.3) is 0 Å². The monoisotopic (exact) mass is 576 g/mol. The molecule has 0 bridgehead atoms. The molecule has 10 nitrogen and oxygen atoms in total. The number of carboxylic acids is 2. The number of hydrogen-bond acceptors (Lipinski definition) is 8. The van der Waals surface area contributed by atoms with E-state index in [0.29, 0.717) is 11.1 Å². The summed E-state index contributed by atoms with van der Waals surface area (Å²) in [5.74, 6) is -4.83. The van der Waals surface area contributed by atoms with E-state index in [1.165, 1.54) is 24.3 Å². The summed E-state index contributed by atoms with van der Waals surface area (Å²) in [6, 6.07) is 23.0. The van der Waals surface area contributed by atoms with Crippen molar-refractivity contribution in [1.82, 2.24) is 0 Å². The van der Waals surface area contributed by atoms with Gasteiger partial charge in [-0.3, -0.25) is 13.5 Å². The summed E-state index contributed by atoms with van der Waals surface area (Å²) in [6.07, 6.45) is -3.57. The van der Waals surface area contributed by atoms with Gasteiger partial charge in [-0.05, 0) is 36.6 Å². The lowest BCUT2D eigenvalue weighted by molar-refractivity contribution is -0.148. The number of rotatable bonds is 15. The number of aliphatic carboxylic acids is 2. The largest absolute Gasteiger partial charge is 0.481 e. The molecule has 3 rings (SSSR count). The molecule has 0 saturated heterocycles. The van der Waals surface area contributed by atoms with Gasteiger partial charge in [-0.25, -0.2) is 4.79 Å². The van der Waals surface area contributed by atoms with Crippen molar-refractivity contribution in [2.75, 3.05) is 6.16 Å². The molecule has 0 aromatic heterocycles. The maximum absolute atomic E-state index is 13.8. The van der Waals surface area contributed by atoms with Crippen LogP contribution >= 0.6 is 7.60 Å². The SMILES string of the molecule is Cc1ccc(S(=O)(=O)OC(C[C@@H](CP(=O)(OCc2ccccc2)OCc2ccccc2)C(=O)O)C(=O)O)cc1. The van der Waals surface area contributed by atoms with Crippen LogP contribution in [0.5, 0.6) is 0 Å². The molecule has 0 aliphatic rings. The Hall–Kier alpha value is -3.34. The van der Waals surface area contributed by atoms with Gasteiger partial charge in [0.1, 0.15) is 0 Å². The zero-order valence-corrected chi connectivity index (χ0v) is 22.8. The van der Waals surface area contributed by atoms with E-state index in [0.717, 1.165) is 5.56 Å². The van der Waals surface area contributed by atoms with Gasteiger partial charge in [0.2, 0.25) is 0 Å². The summed E-state index contributed by atoms with van der Waals surface area (Å²) in [4.78, 5) is 23.7. The van der Waals surface area contributed by atoms with Crippen LogP contribution in [0.15, 0.2) is 89.8 Å². The van der Waals surface area contributed by atoms with Gasteiger partial charge in [-0.1, -0.05) is 78.4 Å². The van der Waals surface area contributed by atoms with Crippen LogP contribution in [0, 0.1) is 12.8 Å². The predicted octanol–water partition coefficient (Wildman–Crippen LogP) is 4.87. The maximum atomic E-state index is 13.8. The van der Waals surface area contributed by atoms with E-state index >= 15 is 0 Å². The number of hydrogen-bond donors (Lipinski definition) is 2. The molecule has 0 aliphatic heterocycles. The first-order chi connectivity index (χ1) is 18.5. The van der Waals surface area contributed by atoms with Crippen LogP contribution in [-0.4, -0.2) is 42.8 Å². The van der Waals surface area contributed by atoms with Crippen molar-refractivity contribution in [3.05, 3.63) is 102 Å². The summed E-state index contributed by atoms with van der Waals surface area (Å²) in [6.45, 7) is 1.44. The standard InChI is InChI=1S/C27H29O10PS/c1-20-12-14-24(15-13-20)39(33,34)37-25(27(30)31)16-23(26(28)29)19-38(32,35-17-21-8-4-2-5-9-21)36-18-22-10-6-3-7-11-22/h2-15,23,25H,16-19H2,1H3,(H,28,29)(H,30,31)/t23-,25?/m0/s1. The minimum Gasteiger partial charge on any atom is -0.481 e. The third kappa shape index (κ3) is 9.42. The van der Waals surface area contributed by atoms with Crippen molar-refractivity contribution in [1.29, 1.82) is 0 Å². The van der Waals surface area contributed by atoms with Gasteiger partial charge >= 0.3 is 19.5 Å². The van der Waals surface area contributed by atoms with Crippen molar-refractivity contribution >= 4 is 29.7 Å². The molecule has 208 valence electrons. The highest BCUT2D eigenvalue weighted by atomic mass is 32.2. The highest BCUT2D eigenvalue weighted by Gasteiger charge is 2.38. The molecule has 0 heterocycles. The van der Waals surface area contributed by atoms with E-state index in [4.69, 9.17) is 13.2 Å². The molecule has 0 aliphatic carbocycles. The quantitative estimate of drug-likeness (QED) is 0.189. The lowest BCUT2D eigenvalue weighted by Gasteiger charge is -2.24. The minimum atomic E-state index is -4.53. The van der Waals surface area contributed by atoms with Gasteiger partial charge in [0, 0.05) is 0 Å². The van der Waals surface area contributed by atoms with Gasteiger partial charge in [-0.2, -0.15) is 8.42 Å². The fourth-order valence-electron chi connectivity index (χ4n) is 3.51. The Kier molecular flexibility index (Phi) is 10.6. The first-order valence-electron chi connectivity index (χ1n) is 11.9. The van der Waals surface area contributed by atoms with E-state index in [-0.39, 0.29) is 18.1 Å². The molecule has 0 fully saturated rings. The average molecular weight is 577 g/mol. The van der Waals surface area contributed by atoms with E-state index in [1.54, 1.807) is 67.6 Å². The highest BCUT2D eigenvalue weighted by Crippen LogP contribution is 2.52. The van der Waals surface area contributed by atoms with Crippen LogP contribution < -0.4 is 0 Å². The molecular weight excluding hydrogens is 547 g/mol. The van der Waals surface area contributed by atoms with Gasteiger partial charge < -0.3 is 19.3 Å². The number of aryl methyl sites for hydroxylation is 1. The highest BCUT2D eigenvalue weighted by molar-refractivity contribution is 7.86. The Morgan fingerprint density at radius 2 is 1.28 bits per heavy atom. The van der Waals surface area contributed by atoms with E-state index < -0.39 is 54.3 Å². The van der Waals surface area contributed by atoms with Crippen LogP contribution in [0.1, 0.15) is 23.1 Å². The first kappa shape index (κ1) is 30.2. The fraction of sp³-hybridized carbons (Fsp3) is 0.259. The van der Waals surface area contributed by atoms with Crippen molar-refractivity contribution in [3.8, 4) is 0 Å². The second kappa shape index (κ2) is 13.6. The first-order valence-corrected chi connectivity index (χ1v) is 15.0. The Morgan fingerprint density at radius 1 is 0.795 bits per heavy atom. The van der Waals surface area contributed by atoms with E-state index in [1.807, 2.05) is 0 Å². The van der Waals surface area contributed by atoms with Crippen LogP contribution in [0.4, 0.5) is 0 Å². The molecule has 0 amide bonds. The summed E-state index contributed by atoms with van der Waals surface area (Å²) in [7, 11) is -8.67. The predicted molar refractivity (Wildman–Crippen MR) is 142 cm³/mol. The molecule has 12 heteroatoms. The molecular formula is C27H29O10PS. The van der Waals surface area contributed by atoms with Crippen molar-refractivity contribution in [3.63, 3.8) is 0 Å². The van der Waals surface area contributed by atoms with Gasteiger partial charge in [0.15, 0.2) is 6.10 Å². The van der Waals surface area contributed by atoms with Crippen LogP contribution in [0.2, 0.25) is 0 Å². The Balaban J connectivity index is 1.81. The van der Waals surface area contributed by atoms with Crippen LogP contribution in [-0.2, 0) is 50.7 Å². The summed E-state index contributed by atoms with van der Waals surface area (Å²) >= 11 is 0. The van der Waals surface area contributed by atoms with Gasteiger partial charge in [0.25, 0.3) is 10.1 Å². The summed E-state index contributed by atoms with van der Waals surface area (Å²) < 4.78 is 55.2. The number of benzene rings is 3. The Labute approximate surface area is 226 Å². The third-order valence-electron chi connectivity index (χ3n) is 5.66. The number of carbonyl (C=O) groups is 2. The zero-order chi connectivity index (χ0) is 28.5. The third-order valence-corrected chi connectivity index (χ3v) is 8.93. The summed E-state index contributed by atoms with van der Waals surface area (Å²) in [5.41, 5.74) is 2.09. The smallest absolute Gasteiger partial charge is 0.334 e. The minimum absolute atomic E-state index is 0.153. The maximum Gasteiger partial charge on any atom is 0.334 e. The molecule has 2 atom stereocenters. The second-order valence-corrected chi connectivity index (χ2v) is 12.4. The Morgan fingerprint density at radius 3 is 1.72 bits per heavy atom. The average Bonchev–Trinajstić information content (AvgIpc) is 2.91. The van der Waals surface area contributed by atoms with Crippen molar-refractivity contribution in [2.24, 2.45) is 5.92 Å². The normalized spacial score (nSPS) is 13.5. The molecule has 2 N–H and O–H groups in total. The zero-order valence-electron chi connectivity index (χ0n) is 21.1. The number of carboxylic acid groups (broad SMARTS) is 2. The molecule has 3 aromatic rings. The van der Waals surface area contributed by atoms with Crippen LogP contribution in [0.3, 0.4) is 0 Å². The topological polar surface area (TPSA) is 154 Å². The lowest BCUT2D eigenvalue weighted by Crippen LogP contribution is -2.33. The molecule has 39 heavy (non-hydrogen) atoms. The molecule has 1 unspecified atom stereocenters. The fourth-order valence-corrected chi connectivity index (χ4v) is 6.38. The summed E-state index contributed by atoms with van der Waals surface area (Å²) in [5, 5.41) is 19.5.